The van der Waals surface area contributed by atoms with E-state index in [1.807, 2.05) is 19.9 Å². The van der Waals surface area contributed by atoms with E-state index in [9.17, 15) is 9.59 Å². The van der Waals surface area contributed by atoms with E-state index >= 15 is 0 Å². The molecule has 0 unspecified atom stereocenters. The minimum Gasteiger partial charge on any atom is -0.462 e. The molecule has 1 aromatic carbocycles. The van der Waals surface area contributed by atoms with Gasteiger partial charge in [0.25, 0.3) is 5.91 Å². The topological polar surface area (TPSA) is 80.3 Å². The Bertz CT molecular complexity index is 744. The lowest BCUT2D eigenvalue weighted by Gasteiger charge is -2.12. The molecular weight excluding hydrogens is 318 g/mol. The van der Waals surface area contributed by atoms with Crippen molar-refractivity contribution in [3.63, 3.8) is 0 Å². The van der Waals surface area contributed by atoms with Crippen molar-refractivity contribution in [1.82, 2.24) is 10.3 Å². The van der Waals surface area contributed by atoms with Crippen molar-refractivity contribution in [3.8, 4) is 0 Å². The number of amides is 1. The Morgan fingerprint density at radius 1 is 1.20 bits per heavy atom. The number of benzene rings is 1. The summed E-state index contributed by atoms with van der Waals surface area (Å²) in [7, 11) is 0. The third kappa shape index (κ3) is 5.31. The molecule has 0 fully saturated rings. The maximum absolute atomic E-state index is 12.1. The van der Waals surface area contributed by atoms with Crippen LogP contribution in [-0.4, -0.2) is 30.0 Å². The normalized spacial score (nSPS) is 10.4. The number of para-hydroxylation sites is 1. The molecule has 25 heavy (non-hydrogen) atoms. The fourth-order valence-electron chi connectivity index (χ4n) is 2.15. The molecular formula is C19H23N3O3. The summed E-state index contributed by atoms with van der Waals surface area (Å²) in [6, 6.07) is 10.5. The van der Waals surface area contributed by atoms with Gasteiger partial charge in [0.2, 0.25) is 0 Å². The molecule has 0 aliphatic rings. The molecule has 0 spiro atoms. The molecule has 132 valence electrons. The second kappa shape index (κ2) is 8.82. The largest absolute Gasteiger partial charge is 0.462 e. The van der Waals surface area contributed by atoms with Crippen LogP contribution in [0.1, 0.15) is 41.6 Å². The van der Waals surface area contributed by atoms with Crippen molar-refractivity contribution >= 4 is 23.3 Å². The summed E-state index contributed by atoms with van der Waals surface area (Å²) in [6.07, 6.45) is 1.56. The molecule has 0 aliphatic carbocycles. The lowest BCUT2D eigenvalue weighted by Crippen LogP contribution is -2.28. The summed E-state index contributed by atoms with van der Waals surface area (Å²) in [5.41, 5.74) is 2.04. The zero-order valence-electron chi connectivity index (χ0n) is 14.7. The van der Waals surface area contributed by atoms with Gasteiger partial charge in [-0.25, -0.2) is 4.79 Å². The first-order valence-electron chi connectivity index (χ1n) is 8.28. The average molecular weight is 341 g/mol. The van der Waals surface area contributed by atoms with E-state index in [1.54, 1.807) is 43.5 Å². The predicted molar refractivity (Wildman–Crippen MR) is 97.1 cm³/mol. The highest BCUT2D eigenvalue weighted by atomic mass is 16.5. The van der Waals surface area contributed by atoms with Gasteiger partial charge in [0.15, 0.2) is 0 Å². The second-order valence-corrected chi connectivity index (χ2v) is 5.92. The third-order valence-electron chi connectivity index (χ3n) is 3.36. The number of nitrogens with one attached hydrogen (secondary N) is 2. The molecule has 2 N–H and O–H groups in total. The summed E-state index contributed by atoms with van der Waals surface area (Å²) in [4.78, 5) is 28.3. The van der Waals surface area contributed by atoms with Gasteiger partial charge in [0.05, 0.1) is 17.9 Å². The van der Waals surface area contributed by atoms with Crippen LogP contribution in [0, 0.1) is 5.92 Å². The molecule has 2 aromatic rings. The van der Waals surface area contributed by atoms with Gasteiger partial charge in [-0.3, -0.25) is 9.78 Å². The van der Waals surface area contributed by atoms with E-state index in [1.165, 1.54) is 0 Å². The first-order chi connectivity index (χ1) is 12.0. The van der Waals surface area contributed by atoms with Crippen LogP contribution in [0.3, 0.4) is 0 Å². The van der Waals surface area contributed by atoms with E-state index in [-0.39, 0.29) is 5.91 Å². The van der Waals surface area contributed by atoms with Gasteiger partial charge >= 0.3 is 5.97 Å². The van der Waals surface area contributed by atoms with Gasteiger partial charge in [-0.05, 0) is 37.1 Å². The number of aromatic nitrogens is 1. The summed E-state index contributed by atoms with van der Waals surface area (Å²) in [5.74, 6) is -0.257. The van der Waals surface area contributed by atoms with E-state index in [4.69, 9.17) is 4.74 Å². The molecule has 1 aromatic heterocycles. The van der Waals surface area contributed by atoms with Gasteiger partial charge in [0.1, 0.15) is 5.69 Å². The standard InChI is InChI=1S/C19H23N3O3/c1-4-25-19(24)15-7-5-6-8-16(15)22-14-9-10-20-17(11-14)18(23)21-12-13(2)3/h5-11,13H,4,12H2,1-3H3,(H,20,22)(H,21,23). The average Bonchev–Trinajstić information content (AvgIpc) is 2.60. The molecule has 6 nitrogen and oxygen atoms in total. The number of carbonyl (C=O) groups is 2. The molecule has 1 amide bonds. The molecule has 0 atom stereocenters. The van der Waals surface area contributed by atoms with Crippen molar-refractivity contribution in [1.29, 1.82) is 0 Å². The predicted octanol–water partition coefficient (Wildman–Crippen LogP) is 3.39. The summed E-state index contributed by atoms with van der Waals surface area (Å²) in [6.45, 7) is 6.71. The Hall–Kier alpha value is -2.89. The molecule has 0 saturated carbocycles. The van der Waals surface area contributed by atoms with Crippen molar-refractivity contribution in [2.75, 3.05) is 18.5 Å². The van der Waals surface area contributed by atoms with E-state index in [0.29, 0.717) is 41.7 Å². The minimum atomic E-state index is -0.394. The number of carbonyl (C=O) groups excluding carboxylic acids is 2. The van der Waals surface area contributed by atoms with E-state index < -0.39 is 5.97 Å². The number of pyridine rings is 1. The number of anilines is 2. The number of rotatable bonds is 7. The monoisotopic (exact) mass is 341 g/mol. The highest BCUT2D eigenvalue weighted by Gasteiger charge is 2.13. The van der Waals surface area contributed by atoms with Crippen LogP contribution in [0.5, 0.6) is 0 Å². The Morgan fingerprint density at radius 3 is 2.68 bits per heavy atom. The highest BCUT2D eigenvalue weighted by molar-refractivity contribution is 5.97. The zero-order valence-corrected chi connectivity index (χ0v) is 14.7. The fourth-order valence-corrected chi connectivity index (χ4v) is 2.15. The molecule has 0 bridgehead atoms. The van der Waals surface area contributed by atoms with Gasteiger partial charge in [0, 0.05) is 18.4 Å². The van der Waals surface area contributed by atoms with Gasteiger partial charge in [-0.2, -0.15) is 0 Å². The SMILES string of the molecule is CCOC(=O)c1ccccc1Nc1ccnc(C(=O)NCC(C)C)c1. The fraction of sp³-hybridized carbons (Fsp3) is 0.316. The third-order valence-corrected chi connectivity index (χ3v) is 3.36. The van der Waals surface area contributed by atoms with Gasteiger partial charge in [-0.15, -0.1) is 0 Å². The smallest absolute Gasteiger partial charge is 0.340 e. The maximum atomic E-state index is 12.1. The Balaban J connectivity index is 2.18. The quantitative estimate of drug-likeness (QED) is 0.755. The molecule has 2 rings (SSSR count). The van der Waals surface area contributed by atoms with Crippen LogP contribution in [-0.2, 0) is 4.74 Å². The Kier molecular flexibility index (Phi) is 6.51. The molecule has 6 heteroatoms. The van der Waals surface area contributed by atoms with Crippen LogP contribution in [0.15, 0.2) is 42.6 Å². The molecule has 1 heterocycles. The summed E-state index contributed by atoms with van der Waals surface area (Å²) >= 11 is 0. The van der Waals surface area contributed by atoms with Crippen molar-refractivity contribution in [2.24, 2.45) is 5.92 Å². The molecule has 0 radical (unpaired) electrons. The molecule has 0 aliphatic heterocycles. The Morgan fingerprint density at radius 2 is 1.96 bits per heavy atom. The van der Waals surface area contributed by atoms with E-state index in [2.05, 4.69) is 15.6 Å². The van der Waals surface area contributed by atoms with Gasteiger partial charge in [-0.1, -0.05) is 26.0 Å². The lowest BCUT2D eigenvalue weighted by atomic mass is 10.1. The number of nitrogens with zero attached hydrogens (tertiary/aromatic N) is 1. The van der Waals surface area contributed by atoms with Crippen molar-refractivity contribution < 1.29 is 14.3 Å². The first-order valence-corrected chi connectivity index (χ1v) is 8.28. The summed E-state index contributed by atoms with van der Waals surface area (Å²) < 4.78 is 5.07. The van der Waals surface area contributed by atoms with Gasteiger partial charge < -0.3 is 15.4 Å². The number of hydrogen-bond donors (Lipinski definition) is 2. The van der Waals surface area contributed by atoms with Crippen LogP contribution in [0.25, 0.3) is 0 Å². The van der Waals surface area contributed by atoms with Crippen LogP contribution < -0.4 is 10.6 Å². The zero-order chi connectivity index (χ0) is 18.2. The van der Waals surface area contributed by atoms with Crippen molar-refractivity contribution in [2.45, 2.75) is 20.8 Å². The minimum absolute atomic E-state index is 0.226. The Labute approximate surface area is 147 Å². The lowest BCUT2D eigenvalue weighted by molar-refractivity contribution is 0.0527. The van der Waals surface area contributed by atoms with E-state index in [0.717, 1.165) is 0 Å². The maximum Gasteiger partial charge on any atom is 0.340 e. The summed E-state index contributed by atoms with van der Waals surface area (Å²) in [5, 5.41) is 5.98. The number of esters is 1. The molecule has 0 saturated heterocycles. The number of hydrogen-bond acceptors (Lipinski definition) is 5. The highest BCUT2D eigenvalue weighted by Crippen LogP contribution is 2.22. The number of ether oxygens (including phenoxy) is 1. The van der Waals surface area contributed by atoms with Crippen LogP contribution >= 0.6 is 0 Å². The van der Waals surface area contributed by atoms with Crippen LogP contribution in [0.2, 0.25) is 0 Å². The second-order valence-electron chi connectivity index (χ2n) is 5.92. The van der Waals surface area contributed by atoms with Crippen LogP contribution in [0.4, 0.5) is 11.4 Å². The first kappa shape index (κ1) is 18.4. The van der Waals surface area contributed by atoms with Crippen molar-refractivity contribution in [3.05, 3.63) is 53.9 Å².